The lowest BCUT2D eigenvalue weighted by Crippen LogP contribution is -2.48. The molecular weight excluding hydrogens is 472 g/mol. The SMILES string of the molecule is CC1CCCN(S(=O)(=O)c2ccc(NC(=O)CN3CCN(Cc4ccccc4)CC3)cc2)C1.Cl. The van der Waals surface area contributed by atoms with Gasteiger partial charge in [0.2, 0.25) is 15.9 Å². The summed E-state index contributed by atoms with van der Waals surface area (Å²) in [5, 5.41) is 2.90. The fourth-order valence-electron chi connectivity index (χ4n) is 4.57. The number of hydrogen-bond acceptors (Lipinski definition) is 5. The molecule has 0 spiro atoms. The van der Waals surface area contributed by atoms with E-state index in [0.29, 0.717) is 31.2 Å². The van der Waals surface area contributed by atoms with E-state index in [9.17, 15) is 13.2 Å². The number of carbonyl (C=O) groups excluding carboxylic acids is 1. The van der Waals surface area contributed by atoms with E-state index < -0.39 is 10.0 Å². The topological polar surface area (TPSA) is 73.0 Å². The maximum absolute atomic E-state index is 12.9. The summed E-state index contributed by atoms with van der Waals surface area (Å²) in [6, 6.07) is 17.0. The van der Waals surface area contributed by atoms with Crippen LogP contribution in [-0.4, -0.2) is 74.2 Å². The Morgan fingerprint density at radius 3 is 2.24 bits per heavy atom. The molecule has 2 saturated heterocycles. The molecule has 2 aliphatic rings. The van der Waals surface area contributed by atoms with Crippen LogP contribution in [0.25, 0.3) is 0 Å². The molecule has 1 N–H and O–H groups in total. The van der Waals surface area contributed by atoms with Gasteiger partial charge in [-0.05, 0) is 48.6 Å². The zero-order valence-electron chi connectivity index (χ0n) is 19.7. The van der Waals surface area contributed by atoms with Crippen LogP contribution in [0.2, 0.25) is 0 Å². The Morgan fingerprint density at radius 1 is 0.941 bits per heavy atom. The number of nitrogens with one attached hydrogen (secondary N) is 1. The molecule has 0 radical (unpaired) electrons. The Labute approximate surface area is 209 Å². The molecule has 186 valence electrons. The van der Waals surface area contributed by atoms with Gasteiger partial charge < -0.3 is 5.32 Å². The summed E-state index contributed by atoms with van der Waals surface area (Å²) in [5.74, 6) is 0.305. The van der Waals surface area contributed by atoms with Gasteiger partial charge in [-0.2, -0.15) is 4.31 Å². The van der Waals surface area contributed by atoms with Crippen LogP contribution in [0.4, 0.5) is 5.69 Å². The van der Waals surface area contributed by atoms with Gasteiger partial charge in [0.25, 0.3) is 0 Å². The minimum Gasteiger partial charge on any atom is -0.325 e. The second-order valence-electron chi connectivity index (χ2n) is 9.22. The van der Waals surface area contributed by atoms with Gasteiger partial charge in [0.05, 0.1) is 11.4 Å². The number of piperidine rings is 1. The van der Waals surface area contributed by atoms with Gasteiger partial charge in [-0.3, -0.25) is 14.6 Å². The van der Waals surface area contributed by atoms with Crippen molar-refractivity contribution in [3.05, 3.63) is 60.2 Å². The van der Waals surface area contributed by atoms with Crippen molar-refractivity contribution in [2.45, 2.75) is 31.2 Å². The predicted molar refractivity (Wildman–Crippen MR) is 138 cm³/mol. The highest BCUT2D eigenvalue weighted by molar-refractivity contribution is 7.89. The third-order valence-electron chi connectivity index (χ3n) is 6.48. The van der Waals surface area contributed by atoms with Crippen molar-refractivity contribution in [2.24, 2.45) is 5.92 Å². The van der Waals surface area contributed by atoms with E-state index in [-0.39, 0.29) is 23.2 Å². The minimum absolute atomic E-state index is 0. The highest BCUT2D eigenvalue weighted by Gasteiger charge is 2.28. The maximum atomic E-state index is 12.9. The monoisotopic (exact) mass is 506 g/mol. The van der Waals surface area contributed by atoms with Crippen molar-refractivity contribution in [3.63, 3.8) is 0 Å². The minimum atomic E-state index is -3.48. The average Bonchev–Trinajstić information content (AvgIpc) is 2.81. The molecule has 0 saturated carbocycles. The van der Waals surface area contributed by atoms with Crippen molar-refractivity contribution in [3.8, 4) is 0 Å². The summed E-state index contributed by atoms with van der Waals surface area (Å²) in [6.45, 7) is 8.08. The van der Waals surface area contributed by atoms with Crippen molar-refractivity contribution in [1.82, 2.24) is 14.1 Å². The Morgan fingerprint density at radius 2 is 1.59 bits per heavy atom. The van der Waals surface area contributed by atoms with Gasteiger partial charge in [0.15, 0.2) is 0 Å². The van der Waals surface area contributed by atoms with E-state index in [0.717, 1.165) is 45.6 Å². The van der Waals surface area contributed by atoms with Crippen molar-refractivity contribution in [2.75, 3.05) is 51.1 Å². The van der Waals surface area contributed by atoms with Crippen molar-refractivity contribution < 1.29 is 13.2 Å². The fraction of sp³-hybridized carbons (Fsp3) is 0.480. The van der Waals surface area contributed by atoms with E-state index in [1.807, 2.05) is 6.07 Å². The van der Waals surface area contributed by atoms with Crippen LogP contribution in [-0.2, 0) is 21.4 Å². The summed E-state index contributed by atoms with van der Waals surface area (Å²) in [5.41, 5.74) is 1.93. The number of halogens is 1. The van der Waals surface area contributed by atoms with Gasteiger partial charge in [-0.15, -0.1) is 12.4 Å². The van der Waals surface area contributed by atoms with E-state index in [1.165, 1.54) is 5.56 Å². The summed E-state index contributed by atoms with van der Waals surface area (Å²) in [7, 11) is -3.48. The molecule has 2 aromatic carbocycles. The number of nitrogens with zero attached hydrogens (tertiary/aromatic N) is 3. The van der Waals surface area contributed by atoms with Crippen molar-refractivity contribution >= 4 is 34.0 Å². The second kappa shape index (κ2) is 12.1. The second-order valence-corrected chi connectivity index (χ2v) is 11.2. The number of benzene rings is 2. The zero-order valence-corrected chi connectivity index (χ0v) is 21.4. The molecule has 2 aliphatic heterocycles. The predicted octanol–water partition coefficient (Wildman–Crippen LogP) is 3.29. The molecule has 2 fully saturated rings. The number of anilines is 1. The molecule has 9 heteroatoms. The van der Waals surface area contributed by atoms with Crippen LogP contribution in [0, 0.1) is 5.92 Å². The highest BCUT2D eigenvalue weighted by Crippen LogP contribution is 2.24. The van der Waals surface area contributed by atoms with Crippen LogP contribution >= 0.6 is 12.4 Å². The number of amides is 1. The number of piperazine rings is 1. The van der Waals surface area contributed by atoms with Crippen LogP contribution in [0.1, 0.15) is 25.3 Å². The number of carbonyl (C=O) groups is 1. The van der Waals surface area contributed by atoms with Crippen molar-refractivity contribution in [1.29, 1.82) is 0 Å². The Bertz CT molecular complexity index is 1030. The molecule has 0 bridgehead atoms. The zero-order chi connectivity index (χ0) is 23.3. The van der Waals surface area contributed by atoms with E-state index >= 15 is 0 Å². The molecule has 34 heavy (non-hydrogen) atoms. The first-order valence-electron chi connectivity index (χ1n) is 11.8. The molecule has 4 rings (SSSR count). The van der Waals surface area contributed by atoms with Gasteiger partial charge in [0, 0.05) is 51.5 Å². The quantitative estimate of drug-likeness (QED) is 0.624. The van der Waals surface area contributed by atoms with Crippen LogP contribution in [0.3, 0.4) is 0 Å². The Balaban J connectivity index is 0.00000324. The smallest absolute Gasteiger partial charge is 0.243 e. The largest absolute Gasteiger partial charge is 0.325 e. The summed E-state index contributed by atoms with van der Waals surface area (Å²) in [4.78, 5) is 17.4. The highest BCUT2D eigenvalue weighted by atomic mass is 35.5. The first-order chi connectivity index (χ1) is 15.9. The third kappa shape index (κ3) is 7.02. The Hall–Kier alpha value is -1.97. The molecule has 1 amide bonds. The van der Waals surface area contributed by atoms with Gasteiger partial charge in [-0.25, -0.2) is 8.42 Å². The molecule has 2 aromatic rings. The average molecular weight is 507 g/mol. The van der Waals surface area contributed by atoms with Crippen LogP contribution in [0.5, 0.6) is 0 Å². The number of sulfonamides is 1. The van der Waals surface area contributed by atoms with E-state index in [1.54, 1.807) is 28.6 Å². The third-order valence-corrected chi connectivity index (χ3v) is 8.36. The molecule has 1 unspecified atom stereocenters. The molecule has 0 aromatic heterocycles. The first kappa shape index (κ1) is 26.6. The molecule has 2 heterocycles. The van der Waals surface area contributed by atoms with Crippen LogP contribution in [0.15, 0.2) is 59.5 Å². The molecular formula is C25H35ClN4O3S. The Kier molecular flexibility index (Phi) is 9.50. The fourth-order valence-corrected chi connectivity index (χ4v) is 6.17. The standard InChI is InChI=1S/C25H34N4O3S.ClH/c1-21-6-5-13-29(18-21)33(31,32)24-11-9-23(10-12-24)26-25(30)20-28-16-14-27(15-17-28)19-22-7-3-2-4-8-22;/h2-4,7-12,21H,5-6,13-20H2,1H3,(H,26,30);1H. The lowest BCUT2D eigenvalue weighted by molar-refractivity contribution is -0.117. The van der Waals surface area contributed by atoms with Crippen LogP contribution < -0.4 is 5.32 Å². The maximum Gasteiger partial charge on any atom is 0.243 e. The first-order valence-corrected chi connectivity index (χ1v) is 13.2. The van der Waals surface area contributed by atoms with Gasteiger partial charge in [0.1, 0.15) is 0 Å². The normalized spacial score (nSPS) is 20.4. The summed E-state index contributed by atoms with van der Waals surface area (Å²) >= 11 is 0. The molecule has 7 nitrogen and oxygen atoms in total. The number of hydrogen-bond donors (Lipinski definition) is 1. The van der Waals surface area contributed by atoms with Gasteiger partial charge >= 0.3 is 0 Å². The summed E-state index contributed by atoms with van der Waals surface area (Å²) in [6.07, 6.45) is 1.97. The summed E-state index contributed by atoms with van der Waals surface area (Å²) < 4.78 is 27.4. The molecule has 1 atom stereocenters. The van der Waals surface area contributed by atoms with E-state index in [2.05, 4.69) is 46.3 Å². The molecule has 0 aliphatic carbocycles. The number of rotatable bonds is 7. The lowest BCUT2D eigenvalue weighted by Gasteiger charge is -2.34. The van der Waals surface area contributed by atoms with Gasteiger partial charge in [-0.1, -0.05) is 37.3 Å². The van der Waals surface area contributed by atoms with E-state index in [4.69, 9.17) is 0 Å². The lowest BCUT2D eigenvalue weighted by atomic mass is 10.0.